The summed E-state index contributed by atoms with van der Waals surface area (Å²) in [5, 5.41) is 13.1. The summed E-state index contributed by atoms with van der Waals surface area (Å²) in [7, 11) is 1.73. The first-order valence-corrected chi connectivity index (χ1v) is 9.88. The quantitative estimate of drug-likeness (QED) is 0.803. The number of methoxy groups -OCH3 is 1. The zero-order valence-corrected chi connectivity index (χ0v) is 16.9. The summed E-state index contributed by atoms with van der Waals surface area (Å²) in [6.45, 7) is 3.52. The number of rotatable bonds is 4. The standard InChI is InChI=1S/C20H26N6O3/c1-20(2,28)16-10-21-14(8-22-16)15-9-23-18-19(25-15)26(17(27)11-24-18)12-4-6-13(29-3)7-5-12/h8-10,12-13,28H,4-7,11H2,1-3H3,(H,23,24). The number of anilines is 2. The Labute approximate surface area is 169 Å². The van der Waals surface area contributed by atoms with E-state index in [-0.39, 0.29) is 24.6 Å². The van der Waals surface area contributed by atoms with Crippen molar-refractivity contribution >= 4 is 17.5 Å². The molecule has 1 aliphatic carbocycles. The van der Waals surface area contributed by atoms with Crippen LogP contribution in [-0.4, -0.2) is 56.7 Å². The number of aromatic nitrogens is 4. The first-order valence-electron chi connectivity index (χ1n) is 9.88. The third-order valence-electron chi connectivity index (χ3n) is 5.54. The fourth-order valence-corrected chi connectivity index (χ4v) is 3.85. The first kappa shape index (κ1) is 19.7. The van der Waals surface area contributed by atoms with Crippen LogP contribution in [0.25, 0.3) is 11.4 Å². The lowest BCUT2D eigenvalue weighted by atomic mass is 9.91. The Kier molecular flexibility index (Phi) is 5.18. The lowest BCUT2D eigenvalue weighted by molar-refractivity contribution is -0.118. The van der Waals surface area contributed by atoms with Crippen LogP contribution in [0.2, 0.25) is 0 Å². The highest BCUT2D eigenvalue weighted by Crippen LogP contribution is 2.34. The van der Waals surface area contributed by atoms with Crippen molar-refractivity contribution in [2.75, 3.05) is 23.9 Å². The summed E-state index contributed by atoms with van der Waals surface area (Å²) in [5.74, 6) is 1.13. The molecule has 154 valence electrons. The lowest BCUT2D eigenvalue weighted by Crippen LogP contribution is -2.49. The molecule has 2 aromatic rings. The SMILES string of the molecule is COC1CCC(N2C(=O)CNc3ncc(-c4cnc(C(C)(C)O)cn4)nc32)CC1. The molecule has 3 heterocycles. The van der Waals surface area contributed by atoms with Gasteiger partial charge in [-0.2, -0.15) is 0 Å². The van der Waals surface area contributed by atoms with E-state index < -0.39 is 5.60 Å². The van der Waals surface area contributed by atoms with Crippen LogP contribution in [-0.2, 0) is 15.1 Å². The maximum atomic E-state index is 12.7. The van der Waals surface area contributed by atoms with Gasteiger partial charge in [0.25, 0.3) is 0 Å². The van der Waals surface area contributed by atoms with Gasteiger partial charge in [0.2, 0.25) is 5.91 Å². The number of carbonyl (C=O) groups is 1. The topological polar surface area (TPSA) is 113 Å². The smallest absolute Gasteiger partial charge is 0.247 e. The van der Waals surface area contributed by atoms with Crippen molar-refractivity contribution < 1.29 is 14.6 Å². The molecule has 1 amide bonds. The van der Waals surface area contributed by atoms with Crippen molar-refractivity contribution in [1.29, 1.82) is 0 Å². The van der Waals surface area contributed by atoms with Crippen molar-refractivity contribution in [3.05, 3.63) is 24.3 Å². The maximum absolute atomic E-state index is 12.7. The monoisotopic (exact) mass is 398 g/mol. The molecule has 29 heavy (non-hydrogen) atoms. The van der Waals surface area contributed by atoms with Gasteiger partial charge in [0.1, 0.15) is 17.0 Å². The summed E-state index contributed by atoms with van der Waals surface area (Å²) in [5.41, 5.74) is 0.474. The third-order valence-corrected chi connectivity index (χ3v) is 5.54. The average Bonchev–Trinajstić information content (AvgIpc) is 2.73. The Hall–Kier alpha value is -2.65. The number of hydrogen-bond donors (Lipinski definition) is 2. The molecule has 0 unspecified atom stereocenters. The molecular weight excluding hydrogens is 372 g/mol. The molecule has 1 aliphatic heterocycles. The van der Waals surface area contributed by atoms with Gasteiger partial charge in [-0.15, -0.1) is 0 Å². The number of hydrogen-bond acceptors (Lipinski definition) is 8. The maximum Gasteiger partial charge on any atom is 0.247 e. The van der Waals surface area contributed by atoms with E-state index in [1.807, 2.05) is 0 Å². The Morgan fingerprint density at radius 1 is 1.10 bits per heavy atom. The molecule has 0 spiro atoms. The first-order chi connectivity index (χ1) is 13.9. The number of aliphatic hydroxyl groups is 1. The summed E-state index contributed by atoms with van der Waals surface area (Å²) >= 11 is 0. The predicted octanol–water partition coefficient (Wildman–Crippen LogP) is 1.88. The molecule has 1 fully saturated rings. The summed E-state index contributed by atoms with van der Waals surface area (Å²) in [6, 6.07) is 0.0861. The minimum atomic E-state index is -1.07. The molecule has 0 bridgehead atoms. The Balaban J connectivity index is 1.64. The van der Waals surface area contributed by atoms with Gasteiger partial charge in [-0.1, -0.05) is 0 Å². The van der Waals surface area contributed by atoms with E-state index in [0.29, 0.717) is 28.7 Å². The van der Waals surface area contributed by atoms with Crippen LogP contribution >= 0.6 is 0 Å². The van der Waals surface area contributed by atoms with Crippen molar-refractivity contribution in [3.63, 3.8) is 0 Å². The van der Waals surface area contributed by atoms with E-state index in [1.54, 1.807) is 38.3 Å². The van der Waals surface area contributed by atoms with Crippen molar-refractivity contribution in [3.8, 4) is 11.4 Å². The molecule has 0 radical (unpaired) electrons. The van der Waals surface area contributed by atoms with Crippen molar-refractivity contribution in [2.24, 2.45) is 0 Å². The van der Waals surface area contributed by atoms with Gasteiger partial charge in [-0.25, -0.2) is 9.97 Å². The third kappa shape index (κ3) is 3.92. The average molecular weight is 398 g/mol. The van der Waals surface area contributed by atoms with E-state index >= 15 is 0 Å². The van der Waals surface area contributed by atoms with Gasteiger partial charge in [0.05, 0.1) is 36.9 Å². The Morgan fingerprint density at radius 2 is 1.83 bits per heavy atom. The fraction of sp³-hybridized carbons (Fsp3) is 0.550. The van der Waals surface area contributed by atoms with Gasteiger partial charge in [-0.05, 0) is 39.5 Å². The minimum Gasteiger partial charge on any atom is -0.384 e. The van der Waals surface area contributed by atoms with Crippen LogP contribution in [0.15, 0.2) is 18.6 Å². The van der Waals surface area contributed by atoms with Gasteiger partial charge in [0, 0.05) is 13.2 Å². The molecule has 0 aromatic carbocycles. The molecule has 2 aromatic heterocycles. The zero-order chi connectivity index (χ0) is 20.6. The van der Waals surface area contributed by atoms with Crippen LogP contribution in [0.4, 0.5) is 11.6 Å². The van der Waals surface area contributed by atoms with Gasteiger partial charge in [-0.3, -0.25) is 19.7 Å². The number of nitrogens with zero attached hydrogens (tertiary/aromatic N) is 5. The second-order valence-corrected chi connectivity index (χ2v) is 8.06. The highest BCUT2D eigenvalue weighted by molar-refractivity contribution is 6.01. The molecule has 9 heteroatoms. The second kappa shape index (κ2) is 7.64. The summed E-state index contributed by atoms with van der Waals surface area (Å²) in [6.07, 6.45) is 8.56. The molecule has 2 N–H and O–H groups in total. The van der Waals surface area contributed by atoms with Crippen LogP contribution in [0.5, 0.6) is 0 Å². The number of ether oxygens (including phenoxy) is 1. The normalized spacial score (nSPS) is 22.2. The Bertz CT molecular complexity index is 888. The number of carbonyl (C=O) groups excluding carboxylic acids is 1. The summed E-state index contributed by atoms with van der Waals surface area (Å²) < 4.78 is 5.46. The van der Waals surface area contributed by atoms with Crippen molar-refractivity contribution in [1.82, 2.24) is 19.9 Å². The highest BCUT2D eigenvalue weighted by Gasteiger charge is 2.35. The Morgan fingerprint density at radius 3 is 2.45 bits per heavy atom. The highest BCUT2D eigenvalue weighted by atomic mass is 16.5. The molecular formula is C20H26N6O3. The summed E-state index contributed by atoms with van der Waals surface area (Å²) in [4.78, 5) is 32.3. The predicted molar refractivity (Wildman–Crippen MR) is 107 cm³/mol. The van der Waals surface area contributed by atoms with E-state index in [0.717, 1.165) is 25.7 Å². The molecule has 2 aliphatic rings. The van der Waals surface area contributed by atoms with Gasteiger partial charge >= 0.3 is 0 Å². The van der Waals surface area contributed by atoms with E-state index in [9.17, 15) is 9.90 Å². The van der Waals surface area contributed by atoms with E-state index in [2.05, 4.69) is 20.3 Å². The molecule has 9 nitrogen and oxygen atoms in total. The molecule has 0 saturated heterocycles. The number of nitrogens with one attached hydrogen (secondary N) is 1. The van der Waals surface area contributed by atoms with Crippen LogP contribution < -0.4 is 10.2 Å². The van der Waals surface area contributed by atoms with E-state index in [1.165, 1.54) is 6.20 Å². The molecule has 4 rings (SSSR count). The zero-order valence-electron chi connectivity index (χ0n) is 16.9. The number of fused-ring (bicyclic) bond motifs is 1. The largest absolute Gasteiger partial charge is 0.384 e. The molecule has 0 atom stereocenters. The lowest BCUT2D eigenvalue weighted by Gasteiger charge is -2.38. The van der Waals surface area contributed by atoms with Gasteiger partial charge in [0.15, 0.2) is 11.6 Å². The number of amides is 1. The minimum absolute atomic E-state index is 0.00622. The van der Waals surface area contributed by atoms with Crippen molar-refractivity contribution in [2.45, 2.75) is 57.3 Å². The van der Waals surface area contributed by atoms with Crippen LogP contribution in [0.1, 0.15) is 45.2 Å². The second-order valence-electron chi connectivity index (χ2n) is 8.06. The van der Waals surface area contributed by atoms with E-state index in [4.69, 9.17) is 9.72 Å². The van der Waals surface area contributed by atoms with Crippen LogP contribution in [0, 0.1) is 0 Å². The van der Waals surface area contributed by atoms with Crippen LogP contribution in [0.3, 0.4) is 0 Å². The molecule has 1 saturated carbocycles. The van der Waals surface area contributed by atoms with Gasteiger partial charge < -0.3 is 15.2 Å². The fourth-order valence-electron chi connectivity index (χ4n) is 3.85.